The fraction of sp³-hybridized carbons (Fsp3) is 0.533. The van der Waals surface area contributed by atoms with Crippen molar-refractivity contribution in [1.29, 1.82) is 0 Å². The van der Waals surface area contributed by atoms with E-state index in [1.807, 2.05) is 14.0 Å². The number of amides is 1. The fourth-order valence-electron chi connectivity index (χ4n) is 2.29. The van der Waals surface area contributed by atoms with E-state index in [-0.39, 0.29) is 30.5 Å². The number of carbonyl (C=O) groups excluding carboxylic acids is 1. The highest BCUT2D eigenvalue weighted by Crippen LogP contribution is 2.10. The lowest BCUT2D eigenvalue weighted by atomic mass is 10.1. The number of ether oxygens (including phenoxy) is 1. The van der Waals surface area contributed by atoms with Crippen LogP contribution >= 0.6 is 12.4 Å². The first-order chi connectivity index (χ1) is 9.08. The Kier molecular flexibility index (Phi) is 6.46. The number of nitrogens with zero attached hydrogens (tertiary/aromatic N) is 1. The molecule has 1 aromatic rings. The summed E-state index contributed by atoms with van der Waals surface area (Å²) in [4.78, 5) is 14.1. The molecule has 2 rings (SSSR count). The summed E-state index contributed by atoms with van der Waals surface area (Å²) in [6.07, 6.45) is -0.0679. The molecular weight excluding hydrogens is 276 g/mol. The van der Waals surface area contributed by atoms with E-state index in [1.165, 1.54) is 5.56 Å². The summed E-state index contributed by atoms with van der Waals surface area (Å²) in [5, 5.41) is 3.23. The van der Waals surface area contributed by atoms with Crippen molar-refractivity contribution < 1.29 is 9.53 Å². The van der Waals surface area contributed by atoms with E-state index in [0.29, 0.717) is 13.2 Å². The van der Waals surface area contributed by atoms with Gasteiger partial charge in [0.2, 0.25) is 5.91 Å². The Bertz CT molecular complexity index is 436. The van der Waals surface area contributed by atoms with Gasteiger partial charge in [-0.2, -0.15) is 0 Å². The van der Waals surface area contributed by atoms with Crippen molar-refractivity contribution >= 4 is 18.3 Å². The van der Waals surface area contributed by atoms with Crippen LogP contribution in [-0.4, -0.2) is 43.2 Å². The van der Waals surface area contributed by atoms with E-state index in [1.54, 1.807) is 4.90 Å². The zero-order valence-electron chi connectivity index (χ0n) is 12.3. The van der Waals surface area contributed by atoms with E-state index < -0.39 is 0 Å². The molecule has 112 valence electrons. The van der Waals surface area contributed by atoms with Crippen LogP contribution in [0.1, 0.15) is 18.1 Å². The molecule has 5 heteroatoms. The molecule has 1 saturated heterocycles. The van der Waals surface area contributed by atoms with Gasteiger partial charge in [-0.25, -0.2) is 0 Å². The number of benzene rings is 1. The highest BCUT2D eigenvalue weighted by molar-refractivity contribution is 5.85. The molecule has 1 amide bonds. The summed E-state index contributed by atoms with van der Waals surface area (Å²) in [5.41, 5.74) is 2.37. The molecule has 0 radical (unpaired) electrons. The predicted octanol–water partition coefficient (Wildman–Crippen LogP) is 1.75. The number of carbonyl (C=O) groups is 1. The van der Waals surface area contributed by atoms with Gasteiger partial charge in [-0.15, -0.1) is 12.4 Å². The van der Waals surface area contributed by atoms with Crippen molar-refractivity contribution in [2.24, 2.45) is 0 Å². The monoisotopic (exact) mass is 298 g/mol. The Hall–Kier alpha value is -1.10. The zero-order chi connectivity index (χ0) is 13.8. The molecule has 0 aliphatic carbocycles. The molecule has 1 aliphatic heterocycles. The Morgan fingerprint density at radius 3 is 2.65 bits per heavy atom. The summed E-state index contributed by atoms with van der Waals surface area (Å²) < 4.78 is 5.52. The minimum atomic E-state index is -0.232. The Morgan fingerprint density at radius 1 is 1.40 bits per heavy atom. The van der Waals surface area contributed by atoms with Crippen molar-refractivity contribution in [3.05, 3.63) is 35.4 Å². The molecule has 0 spiro atoms. The van der Waals surface area contributed by atoms with Gasteiger partial charge in [0, 0.05) is 20.1 Å². The molecule has 1 fully saturated rings. The maximum atomic E-state index is 12.4. The average molecular weight is 299 g/mol. The van der Waals surface area contributed by atoms with Gasteiger partial charge in [0.05, 0.1) is 12.7 Å². The summed E-state index contributed by atoms with van der Waals surface area (Å²) in [6, 6.07) is 8.03. The molecule has 0 saturated carbocycles. The van der Waals surface area contributed by atoms with Crippen LogP contribution in [0.3, 0.4) is 0 Å². The van der Waals surface area contributed by atoms with Crippen molar-refractivity contribution in [1.82, 2.24) is 10.2 Å². The number of hydrogen-bond donors (Lipinski definition) is 1. The van der Waals surface area contributed by atoms with Crippen LogP contribution in [0.2, 0.25) is 0 Å². The van der Waals surface area contributed by atoms with Crippen LogP contribution in [0, 0.1) is 6.92 Å². The number of morpholine rings is 1. The van der Waals surface area contributed by atoms with Gasteiger partial charge in [0.25, 0.3) is 0 Å². The molecule has 1 aromatic carbocycles. The van der Waals surface area contributed by atoms with Gasteiger partial charge >= 0.3 is 0 Å². The number of halogens is 1. The van der Waals surface area contributed by atoms with Crippen LogP contribution in [0.5, 0.6) is 0 Å². The smallest absolute Gasteiger partial charge is 0.242 e. The molecule has 0 aromatic heterocycles. The maximum Gasteiger partial charge on any atom is 0.242 e. The molecule has 0 unspecified atom stereocenters. The largest absolute Gasteiger partial charge is 0.375 e. The minimum absolute atomic E-state index is 0. The number of likely N-dealkylation sites (N-methyl/N-ethyl adjacent to an activating group) is 1. The molecular formula is C15H23ClN2O2. The van der Waals surface area contributed by atoms with Gasteiger partial charge in [-0.1, -0.05) is 29.8 Å². The van der Waals surface area contributed by atoms with Gasteiger partial charge in [0.15, 0.2) is 0 Å². The molecule has 1 N–H and O–H groups in total. The Balaban J connectivity index is 0.00000200. The Morgan fingerprint density at radius 2 is 2.05 bits per heavy atom. The summed E-state index contributed by atoms with van der Waals surface area (Å²) in [5.74, 6) is 0.0905. The van der Waals surface area contributed by atoms with Gasteiger partial charge in [-0.05, 0) is 19.4 Å². The topological polar surface area (TPSA) is 41.6 Å². The second-order valence-electron chi connectivity index (χ2n) is 5.19. The Labute approximate surface area is 126 Å². The lowest BCUT2D eigenvalue weighted by Crippen LogP contribution is -2.55. The van der Waals surface area contributed by atoms with Crippen LogP contribution in [0.4, 0.5) is 0 Å². The van der Waals surface area contributed by atoms with Crippen LogP contribution in [-0.2, 0) is 16.1 Å². The molecule has 20 heavy (non-hydrogen) atoms. The van der Waals surface area contributed by atoms with Gasteiger partial charge in [-0.3, -0.25) is 4.79 Å². The first-order valence-electron chi connectivity index (χ1n) is 6.73. The quantitative estimate of drug-likeness (QED) is 0.924. The minimum Gasteiger partial charge on any atom is -0.375 e. The number of rotatable bonds is 3. The number of nitrogens with one attached hydrogen (secondary N) is 1. The van der Waals surface area contributed by atoms with Crippen LogP contribution < -0.4 is 5.32 Å². The van der Waals surface area contributed by atoms with Crippen molar-refractivity contribution in [2.45, 2.75) is 32.5 Å². The first-order valence-corrected chi connectivity index (χ1v) is 6.73. The summed E-state index contributed by atoms with van der Waals surface area (Å²) in [7, 11) is 1.84. The number of aryl methyl sites for hydroxylation is 1. The SMILES string of the molecule is Cc1ccc(CN(C)C(=O)[C@H]2NCCO[C@@H]2C)cc1.Cl. The summed E-state index contributed by atoms with van der Waals surface area (Å²) >= 11 is 0. The van der Waals surface area contributed by atoms with Crippen molar-refractivity contribution in [3.8, 4) is 0 Å². The summed E-state index contributed by atoms with van der Waals surface area (Å²) in [6.45, 7) is 6.04. The lowest BCUT2D eigenvalue weighted by molar-refractivity contribution is -0.138. The second kappa shape index (κ2) is 7.62. The predicted molar refractivity (Wildman–Crippen MR) is 82.1 cm³/mol. The first kappa shape index (κ1) is 17.0. The highest BCUT2D eigenvalue weighted by Gasteiger charge is 2.30. The van der Waals surface area contributed by atoms with E-state index in [2.05, 4.69) is 36.5 Å². The molecule has 4 nitrogen and oxygen atoms in total. The van der Waals surface area contributed by atoms with E-state index in [9.17, 15) is 4.79 Å². The molecule has 1 aliphatic rings. The fourth-order valence-corrected chi connectivity index (χ4v) is 2.29. The van der Waals surface area contributed by atoms with Gasteiger partial charge < -0.3 is 15.0 Å². The van der Waals surface area contributed by atoms with E-state index in [0.717, 1.165) is 12.1 Å². The standard InChI is InChI=1S/C15H22N2O2.ClH/c1-11-4-6-13(7-5-11)10-17(3)15(18)14-12(2)19-9-8-16-14;/h4-7,12,14,16H,8-10H2,1-3H3;1H/t12-,14+;/m1./s1. The third-order valence-electron chi connectivity index (χ3n) is 3.50. The third-order valence-corrected chi connectivity index (χ3v) is 3.50. The third kappa shape index (κ3) is 4.20. The average Bonchev–Trinajstić information content (AvgIpc) is 2.41. The van der Waals surface area contributed by atoms with Crippen molar-refractivity contribution in [2.75, 3.05) is 20.2 Å². The molecule has 1 heterocycles. The lowest BCUT2D eigenvalue weighted by Gasteiger charge is -2.32. The van der Waals surface area contributed by atoms with Crippen molar-refractivity contribution in [3.63, 3.8) is 0 Å². The maximum absolute atomic E-state index is 12.4. The van der Waals surface area contributed by atoms with Crippen LogP contribution in [0.15, 0.2) is 24.3 Å². The normalized spacial score (nSPS) is 21.9. The van der Waals surface area contributed by atoms with E-state index >= 15 is 0 Å². The second-order valence-corrected chi connectivity index (χ2v) is 5.19. The highest BCUT2D eigenvalue weighted by atomic mass is 35.5. The number of hydrogen-bond acceptors (Lipinski definition) is 3. The van der Waals surface area contributed by atoms with Crippen LogP contribution in [0.25, 0.3) is 0 Å². The van der Waals surface area contributed by atoms with E-state index in [4.69, 9.17) is 4.74 Å². The molecule has 2 atom stereocenters. The molecule has 0 bridgehead atoms. The van der Waals surface area contributed by atoms with Gasteiger partial charge in [0.1, 0.15) is 6.04 Å². The zero-order valence-corrected chi connectivity index (χ0v) is 13.1.